The van der Waals surface area contributed by atoms with Crippen molar-refractivity contribution >= 4 is 10.8 Å². The molecule has 0 saturated carbocycles. The Balaban J connectivity index is 1.67. The minimum atomic E-state index is -0.180. The van der Waals surface area contributed by atoms with E-state index >= 15 is 0 Å². The van der Waals surface area contributed by atoms with Crippen LogP contribution in [0.25, 0.3) is 10.8 Å². The Morgan fingerprint density at radius 2 is 1.32 bits per heavy atom. The second-order valence-electron chi connectivity index (χ2n) is 7.62. The Kier molecular flexibility index (Phi) is 4.14. The van der Waals surface area contributed by atoms with Gasteiger partial charge in [0.1, 0.15) is 5.75 Å². The van der Waals surface area contributed by atoms with Gasteiger partial charge in [-0.05, 0) is 36.2 Å². The molecule has 1 N–H and O–H groups in total. The van der Waals surface area contributed by atoms with Gasteiger partial charge in [0.2, 0.25) is 0 Å². The van der Waals surface area contributed by atoms with Crippen LogP contribution in [0.15, 0.2) is 84.9 Å². The van der Waals surface area contributed by atoms with E-state index in [1.165, 1.54) is 33.0 Å². The number of nitrogens with one attached hydrogen (secondary N) is 1. The molecule has 1 heterocycles. The highest BCUT2D eigenvalue weighted by molar-refractivity contribution is 5.89. The van der Waals surface area contributed by atoms with Crippen molar-refractivity contribution in [2.24, 2.45) is 0 Å². The van der Waals surface area contributed by atoms with Crippen LogP contribution in [0.5, 0.6) is 5.75 Å². The summed E-state index contributed by atoms with van der Waals surface area (Å²) >= 11 is 0. The first kappa shape index (κ1) is 17.0. The fourth-order valence-corrected chi connectivity index (χ4v) is 4.00. The molecule has 0 unspecified atom stereocenters. The molecule has 0 spiro atoms. The van der Waals surface area contributed by atoms with Crippen LogP contribution < -0.4 is 10.1 Å². The van der Waals surface area contributed by atoms with Gasteiger partial charge in [-0.1, -0.05) is 90.0 Å². The minimum Gasteiger partial charge on any atom is -0.471 e. The molecule has 1 aliphatic heterocycles. The summed E-state index contributed by atoms with van der Waals surface area (Å²) in [5, 5.41) is 6.22. The third-order valence-electron chi connectivity index (χ3n) is 5.57. The topological polar surface area (TPSA) is 21.3 Å². The maximum atomic E-state index is 6.43. The summed E-state index contributed by atoms with van der Waals surface area (Å²) in [4.78, 5) is 0. The van der Waals surface area contributed by atoms with E-state index < -0.39 is 0 Å². The van der Waals surface area contributed by atoms with Gasteiger partial charge in [0.25, 0.3) is 0 Å². The van der Waals surface area contributed by atoms with Crippen molar-refractivity contribution in [2.45, 2.75) is 26.1 Å². The summed E-state index contributed by atoms with van der Waals surface area (Å²) in [6.45, 7) is 4.23. The number of hydrogen-bond acceptors (Lipinski definition) is 2. The quantitative estimate of drug-likeness (QED) is 0.455. The van der Waals surface area contributed by atoms with Crippen LogP contribution in [0, 0.1) is 13.8 Å². The molecule has 0 aromatic heterocycles. The highest BCUT2D eigenvalue weighted by Crippen LogP contribution is 2.42. The number of ether oxygens (including phenoxy) is 1. The lowest BCUT2D eigenvalue weighted by Gasteiger charge is -2.35. The number of rotatable bonds is 2. The lowest BCUT2D eigenvalue weighted by atomic mass is 9.90. The van der Waals surface area contributed by atoms with Gasteiger partial charge in [0.05, 0.1) is 6.04 Å². The summed E-state index contributed by atoms with van der Waals surface area (Å²) in [5.74, 6) is 0.952. The molecule has 0 saturated heterocycles. The molecule has 4 aromatic rings. The highest BCUT2D eigenvalue weighted by Gasteiger charge is 2.31. The van der Waals surface area contributed by atoms with E-state index in [9.17, 15) is 0 Å². The zero-order chi connectivity index (χ0) is 19.1. The van der Waals surface area contributed by atoms with Gasteiger partial charge in [-0.25, -0.2) is 0 Å². The summed E-state index contributed by atoms with van der Waals surface area (Å²) in [6, 6.07) is 30.2. The Bertz CT molecular complexity index is 1130. The van der Waals surface area contributed by atoms with Crippen LogP contribution in [0.3, 0.4) is 0 Å². The van der Waals surface area contributed by atoms with Crippen LogP contribution in [0.1, 0.15) is 40.1 Å². The van der Waals surface area contributed by atoms with Crippen molar-refractivity contribution < 1.29 is 4.74 Å². The molecule has 138 valence electrons. The summed E-state index contributed by atoms with van der Waals surface area (Å²) in [5.41, 5.74) is 6.13. The number of benzene rings is 4. The molecular weight excluding hydrogens is 342 g/mol. The number of hydrogen-bond donors (Lipinski definition) is 1. The Labute approximate surface area is 165 Å². The van der Waals surface area contributed by atoms with Crippen molar-refractivity contribution in [3.8, 4) is 5.75 Å². The molecule has 0 bridgehead atoms. The van der Waals surface area contributed by atoms with Gasteiger partial charge in [0.15, 0.2) is 6.23 Å². The minimum absolute atomic E-state index is 0.0711. The largest absolute Gasteiger partial charge is 0.471 e. The third kappa shape index (κ3) is 2.96. The summed E-state index contributed by atoms with van der Waals surface area (Å²) in [7, 11) is 0. The summed E-state index contributed by atoms with van der Waals surface area (Å²) < 4.78 is 6.43. The van der Waals surface area contributed by atoms with Crippen LogP contribution in [0.2, 0.25) is 0 Å². The predicted molar refractivity (Wildman–Crippen MR) is 115 cm³/mol. The number of fused-ring (bicyclic) bond motifs is 3. The van der Waals surface area contributed by atoms with Gasteiger partial charge in [0, 0.05) is 11.1 Å². The van der Waals surface area contributed by atoms with Gasteiger partial charge in [-0.3, -0.25) is 5.32 Å². The molecule has 4 aromatic carbocycles. The second kappa shape index (κ2) is 6.81. The lowest BCUT2D eigenvalue weighted by molar-refractivity contribution is 0.134. The lowest BCUT2D eigenvalue weighted by Crippen LogP contribution is -2.35. The van der Waals surface area contributed by atoms with Crippen molar-refractivity contribution in [1.82, 2.24) is 5.32 Å². The second-order valence-corrected chi connectivity index (χ2v) is 7.62. The predicted octanol–water partition coefficient (Wildman–Crippen LogP) is 6.23. The molecule has 2 heteroatoms. The fourth-order valence-electron chi connectivity index (χ4n) is 4.00. The molecular formula is C26H23NO. The van der Waals surface area contributed by atoms with E-state index in [1.54, 1.807) is 0 Å². The molecule has 5 rings (SSSR count). The van der Waals surface area contributed by atoms with Crippen molar-refractivity contribution in [3.05, 3.63) is 113 Å². The zero-order valence-corrected chi connectivity index (χ0v) is 16.1. The van der Waals surface area contributed by atoms with E-state index in [1.807, 2.05) is 0 Å². The van der Waals surface area contributed by atoms with E-state index in [0.717, 1.165) is 11.3 Å². The Morgan fingerprint density at radius 3 is 2.04 bits per heavy atom. The number of aryl methyl sites for hydroxylation is 2. The molecule has 0 radical (unpaired) electrons. The van der Waals surface area contributed by atoms with Crippen molar-refractivity contribution in [3.63, 3.8) is 0 Å². The van der Waals surface area contributed by atoms with E-state index in [0.29, 0.717) is 0 Å². The van der Waals surface area contributed by atoms with E-state index in [2.05, 4.69) is 104 Å². The maximum absolute atomic E-state index is 6.43. The van der Waals surface area contributed by atoms with Crippen LogP contribution >= 0.6 is 0 Å². The zero-order valence-electron chi connectivity index (χ0n) is 16.1. The smallest absolute Gasteiger partial charge is 0.177 e. The molecule has 1 aliphatic rings. The summed E-state index contributed by atoms with van der Waals surface area (Å²) in [6.07, 6.45) is -0.180. The average Bonchev–Trinajstić information content (AvgIpc) is 2.74. The SMILES string of the molecule is Cc1ccc([C@H]2N[C@@H](c3ccc(C)cc3)Oc3ccc4ccccc4c32)cc1. The highest BCUT2D eigenvalue weighted by atomic mass is 16.5. The molecule has 2 nitrogen and oxygen atoms in total. The third-order valence-corrected chi connectivity index (χ3v) is 5.57. The van der Waals surface area contributed by atoms with Gasteiger partial charge in [-0.15, -0.1) is 0 Å². The average molecular weight is 365 g/mol. The van der Waals surface area contributed by atoms with Gasteiger partial charge in [-0.2, -0.15) is 0 Å². The van der Waals surface area contributed by atoms with Crippen LogP contribution in [0.4, 0.5) is 0 Å². The maximum Gasteiger partial charge on any atom is 0.177 e. The van der Waals surface area contributed by atoms with Crippen molar-refractivity contribution in [2.75, 3.05) is 0 Å². The van der Waals surface area contributed by atoms with E-state index in [4.69, 9.17) is 4.74 Å². The monoisotopic (exact) mass is 365 g/mol. The molecule has 28 heavy (non-hydrogen) atoms. The van der Waals surface area contributed by atoms with Crippen LogP contribution in [-0.2, 0) is 0 Å². The van der Waals surface area contributed by atoms with Crippen molar-refractivity contribution in [1.29, 1.82) is 0 Å². The Hall–Kier alpha value is -3.10. The molecule has 2 atom stereocenters. The molecule has 0 fully saturated rings. The first-order valence-electron chi connectivity index (χ1n) is 9.76. The standard InChI is InChI=1S/C26H23NO/c1-17-7-11-20(12-8-17)25-24-22-6-4-3-5-19(22)15-16-23(24)28-26(27-25)21-13-9-18(2)10-14-21/h3-16,25-27H,1-2H3/t25-,26-/m1/s1. The molecule has 0 aliphatic carbocycles. The fraction of sp³-hybridized carbons (Fsp3) is 0.154. The first-order chi connectivity index (χ1) is 13.7. The first-order valence-corrected chi connectivity index (χ1v) is 9.76. The van der Waals surface area contributed by atoms with Gasteiger partial charge >= 0.3 is 0 Å². The molecule has 0 amide bonds. The Morgan fingerprint density at radius 1 is 0.679 bits per heavy atom. The van der Waals surface area contributed by atoms with E-state index in [-0.39, 0.29) is 12.3 Å². The van der Waals surface area contributed by atoms with Crippen LogP contribution in [-0.4, -0.2) is 0 Å². The van der Waals surface area contributed by atoms with Gasteiger partial charge < -0.3 is 4.74 Å². The normalized spacial score (nSPS) is 18.5.